The molecule has 0 bridgehead atoms. The highest BCUT2D eigenvalue weighted by Gasteiger charge is 2.37. The van der Waals surface area contributed by atoms with Crippen LogP contribution in [0.2, 0.25) is 0 Å². The SMILES string of the molecule is O=C(O)[C@H]1CN(c2ccccn2)C(=O)O1. The Morgan fingerprint density at radius 3 is 2.93 bits per heavy atom. The van der Waals surface area contributed by atoms with Crippen molar-refractivity contribution in [3.05, 3.63) is 24.4 Å². The third-order valence-electron chi connectivity index (χ3n) is 2.01. The summed E-state index contributed by atoms with van der Waals surface area (Å²) in [7, 11) is 0. The van der Waals surface area contributed by atoms with E-state index >= 15 is 0 Å². The molecule has 1 aromatic heterocycles. The number of aromatic nitrogens is 1. The zero-order valence-corrected chi connectivity index (χ0v) is 7.66. The van der Waals surface area contributed by atoms with Crippen molar-refractivity contribution >= 4 is 17.9 Å². The van der Waals surface area contributed by atoms with Crippen molar-refractivity contribution in [3.63, 3.8) is 0 Å². The second kappa shape index (κ2) is 3.56. The summed E-state index contributed by atoms with van der Waals surface area (Å²) in [6, 6.07) is 5.04. The number of hydrogen-bond donors (Lipinski definition) is 1. The maximum Gasteiger partial charge on any atom is 0.416 e. The molecule has 1 aliphatic heterocycles. The molecule has 0 unspecified atom stereocenters. The Bertz CT molecular complexity index is 392. The van der Waals surface area contributed by atoms with E-state index in [0.29, 0.717) is 5.82 Å². The Morgan fingerprint density at radius 2 is 2.40 bits per heavy atom. The van der Waals surface area contributed by atoms with Crippen molar-refractivity contribution in [2.75, 3.05) is 11.4 Å². The van der Waals surface area contributed by atoms with E-state index in [0.717, 1.165) is 0 Å². The van der Waals surface area contributed by atoms with E-state index in [4.69, 9.17) is 5.11 Å². The highest BCUT2D eigenvalue weighted by atomic mass is 16.6. The number of ether oxygens (including phenoxy) is 1. The number of pyridine rings is 1. The third-order valence-corrected chi connectivity index (χ3v) is 2.01. The molecule has 1 atom stereocenters. The number of carbonyl (C=O) groups excluding carboxylic acids is 1. The molecule has 1 aliphatic rings. The Balaban J connectivity index is 2.19. The van der Waals surface area contributed by atoms with Crippen molar-refractivity contribution in [2.24, 2.45) is 0 Å². The van der Waals surface area contributed by atoms with Crippen molar-refractivity contribution in [1.29, 1.82) is 0 Å². The highest BCUT2D eigenvalue weighted by molar-refractivity contribution is 5.92. The number of amides is 1. The van der Waals surface area contributed by atoms with Crippen LogP contribution < -0.4 is 4.90 Å². The smallest absolute Gasteiger partial charge is 0.416 e. The molecule has 0 spiro atoms. The van der Waals surface area contributed by atoms with Crippen molar-refractivity contribution in [3.8, 4) is 0 Å². The molecule has 0 aliphatic carbocycles. The van der Waals surface area contributed by atoms with Gasteiger partial charge in [0.05, 0.1) is 6.54 Å². The number of anilines is 1. The van der Waals surface area contributed by atoms with E-state index in [-0.39, 0.29) is 6.54 Å². The Morgan fingerprint density at radius 1 is 1.60 bits per heavy atom. The fourth-order valence-corrected chi connectivity index (χ4v) is 1.29. The van der Waals surface area contributed by atoms with E-state index in [9.17, 15) is 9.59 Å². The van der Waals surface area contributed by atoms with Gasteiger partial charge in [-0.3, -0.25) is 4.90 Å². The molecule has 0 saturated carbocycles. The molecule has 2 rings (SSSR count). The predicted molar refractivity (Wildman–Crippen MR) is 49.5 cm³/mol. The van der Waals surface area contributed by atoms with Crippen molar-refractivity contribution in [1.82, 2.24) is 4.98 Å². The molecular weight excluding hydrogens is 200 g/mol. The number of carboxylic acids is 1. The largest absolute Gasteiger partial charge is 0.478 e. The second-order valence-corrected chi connectivity index (χ2v) is 3.01. The molecule has 0 radical (unpaired) electrons. The van der Waals surface area contributed by atoms with Crippen LogP contribution in [-0.2, 0) is 9.53 Å². The molecule has 0 aromatic carbocycles. The van der Waals surface area contributed by atoms with E-state index in [2.05, 4.69) is 9.72 Å². The van der Waals surface area contributed by atoms with Gasteiger partial charge >= 0.3 is 12.1 Å². The minimum absolute atomic E-state index is 0.00875. The molecule has 6 heteroatoms. The van der Waals surface area contributed by atoms with Crippen LogP contribution in [0.25, 0.3) is 0 Å². The van der Waals surface area contributed by atoms with E-state index in [1.165, 1.54) is 11.1 Å². The van der Waals surface area contributed by atoms with Crippen LogP contribution in [0.1, 0.15) is 0 Å². The molecule has 1 N–H and O–H groups in total. The molecule has 1 fully saturated rings. The van der Waals surface area contributed by atoms with E-state index in [1.807, 2.05) is 0 Å². The van der Waals surface area contributed by atoms with Crippen LogP contribution in [0.15, 0.2) is 24.4 Å². The fourth-order valence-electron chi connectivity index (χ4n) is 1.29. The summed E-state index contributed by atoms with van der Waals surface area (Å²) < 4.78 is 4.64. The lowest BCUT2D eigenvalue weighted by Crippen LogP contribution is -2.28. The van der Waals surface area contributed by atoms with Gasteiger partial charge in [0.25, 0.3) is 0 Å². The van der Waals surface area contributed by atoms with Crippen LogP contribution in [0.3, 0.4) is 0 Å². The molecule has 1 amide bonds. The lowest BCUT2D eigenvalue weighted by Gasteiger charge is -2.09. The molecule has 78 valence electrons. The number of carbonyl (C=O) groups is 2. The Kier molecular flexibility index (Phi) is 2.24. The van der Waals surface area contributed by atoms with Gasteiger partial charge < -0.3 is 9.84 Å². The lowest BCUT2D eigenvalue weighted by atomic mass is 10.3. The summed E-state index contributed by atoms with van der Waals surface area (Å²) in [5.41, 5.74) is 0. The molecule has 6 nitrogen and oxygen atoms in total. The first-order valence-corrected chi connectivity index (χ1v) is 4.30. The number of hydrogen-bond acceptors (Lipinski definition) is 4. The normalized spacial score (nSPS) is 20.1. The van der Waals surface area contributed by atoms with E-state index in [1.54, 1.807) is 18.2 Å². The fraction of sp³-hybridized carbons (Fsp3) is 0.222. The Labute approximate surface area is 85.1 Å². The van der Waals surface area contributed by atoms with Crippen LogP contribution in [-0.4, -0.2) is 34.8 Å². The first kappa shape index (κ1) is 9.45. The van der Waals surface area contributed by atoms with Crippen LogP contribution in [0.5, 0.6) is 0 Å². The van der Waals surface area contributed by atoms with Gasteiger partial charge in [0, 0.05) is 6.20 Å². The maximum absolute atomic E-state index is 11.3. The number of aliphatic carboxylic acids is 1. The van der Waals surface area contributed by atoms with Gasteiger partial charge in [-0.2, -0.15) is 0 Å². The van der Waals surface area contributed by atoms with Gasteiger partial charge in [0.1, 0.15) is 5.82 Å². The van der Waals surface area contributed by atoms with Gasteiger partial charge in [-0.05, 0) is 12.1 Å². The zero-order valence-electron chi connectivity index (χ0n) is 7.66. The number of carboxylic acid groups (broad SMARTS) is 1. The van der Waals surface area contributed by atoms with Crippen LogP contribution >= 0.6 is 0 Å². The van der Waals surface area contributed by atoms with Gasteiger partial charge in [-0.25, -0.2) is 14.6 Å². The molecule has 2 heterocycles. The summed E-state index contributed by atoms with van der Waals surface area (Å²) in [6.45, 7) is -0.00875. The van der Waals surface area contributed by atoms with E-state index < -0.39 is 18.2 Å². The third kappa shape index (κ3) is 1.74. The van der Waals surface area contributed by atoms with Gasteiger partial charge in [0.15, 0.2) is 0 Å². The standard InChI is InChI=1S/C9H8N2O4/c12-8(13)6-5-11(9(14)15-6)7-3-1-2-4-10-7/h1-4,6H,5H2,(H,12,13)/t6-/m1/s1. The summed E-state index contributed by atoms with van der Waals surface area (Å²) >= 11 is 0. The van der Waals surface area contributed by atoms with Gasteiger partial charge in [0.2, 0.25) is 6.10 Å². The van der Waals surface area contributed by atoms with Crippen molar-refractivity contribution < 1.29 is 19.4 Å². The monoisotopic (exact) mass is 208 g/mol. The van der Waals surface area contributed by atoms with Crippen LogP contribution in [0, 0.1) is 0 Å². The average Bonchev–Trinajstić information content (AvgIpc) is 2.62. The van der Waals surface area contributed by atoms with Gasteiger partial charge in [-0.1, -0.05) is 6.07 Å². The first-order chi connectivity index (χ1) is 7.18. The summed E-state index contributed by atoms with van der Waals surface area (Å²) in [4.78, 5) is 27.0. The molecule has 15 heavy (non-hydrogen) atoms. The zero-order chi connectivity index (χ0) is 10.8. The first-order valence-electron chi connectivity index (χ1n) is 4.30. The summed E-state index contributed by atoms with van der Waals surface area (Å²) in [6.07, 6.45) is -0.267. The predicted octanol–water partition coefficient (Wildman–Crippen LogP) is 0.491. The molecular formula is C9H8N2O4. The molecule has 1 aromatic rings. The maximum atomic E-state index is 11.3. The van der Waals surface area contributed by atoms with Crippen molar-refractivity contribution in [2.45, 2.75) is 6.10 Å². The highest BCUT2D eigenvalue weighted by Crippen LogP contribution is 2.18. The minimum Gasteiger partial charge on any atom is -0.478 e. The average molecular weight is 208 g/mol. The van der Waals surface area contributed by atoms with Crippen LogP contribution in [0.4, 0.5) is 10.6 Å². The number of nitrogens with zero attached hydrogens (tertiary/aromatic N) is 2. The molecule has 1 saturated heterocycles. The number of rotatable bonds is 2. The summed E-state index contributed by atoms with van der Waals surface area (Å²) in [5.74, 6) is -0.756. The quantitative estimate of drug-likeness (QED) is 0.765. The topological polar surface area (TPSA) is 79.7 Å². The van der Waals surface area contributed by atoms with Gasteiger partial charge in [-0.15, -0.1) is 0 Å². The second-order valence-electron chi connectivity index (χ2n) is 3.01. The summed E-state index contributed by atoms with van der Waals surface area (Å²) in [5, 5.41) is 8.67. The number of cyclic esters (lactones) is 1. The lowest BCUT2D eigenvalue weighted by molar-refractivity contribution is -0.144. The Hall–Kier alpha value is -2.11. The minimum atomic E-state index is -1.15.